The van der Waals surface area contributed by atoms with Gasteiger partial charge in [-0.25, -0.2) is 12.8 Å². The Morgan fingerprint density at radius 1 is 1.38 bits per heavy atom. The normalized spacial score (nSPS) is 26.1. The van der Waals surface area contributed by atoms with Gasteiger partial charge in [-0.05, 0) is 6.07 Å². The lowest BCUT2D eigenvalue weighted by molar-refractivity contribution is -0.0304. The molecule has 1 aromatic carbocycles. The Balaban J connectivity index is 2.83. The molecule has 0 aromatic heterocycles. The Labute approximate surface area is 90.0 Å². The molecule has 1 aromatic rings. The zero-order valence-electron chi connectivity index (χ0n) is 7.95. The molecule has 1 heterocycles. The molecule has 0 amide bonds. The van der Waals surface area contributed by atoms with Crippen LogP contribution in [0.1, 0.15) is 5.56 Å². The Morgan fingerprint density at radius 3 is 2.62 bits per heavy atom. The van der Waals surface area contributed by atoms with Crippen molar-refractivity contribution < 1.29 is 21.6 Å². The molecule has 0 spiro atoms. The van der Waals surface area contributed by atoms with Gasteiger partial charge in [0.15, 0.2) is 9.84 Å². The Hall–Kier alpha value is -1.08. The van der Waals surface area contributed by atoms with E-state index in [9.17, 15) is 21.6 Å². The van der Waals surface area contributed by atoms with Crippen LogP contribution >= 0.6 is 0 Å². The summed E-state index contributed by atoms with van der Waals surface area (Å²) in [6.07, 6.45) is 0. The second-order valence-electron chi connectivity index (χ2n) is 3.63. The minimum absolute atomic E-state index is 0.837. The van der Waals surface area contributed by atoms with Crippen molar-refractivity contribution in [3.05, 3.63) is 29.6 Å². The molecule has 2 N–H and O–H groups in total. The van der Waals surface area contributed by atoms with Crippen LogP contribution in [0.5, 0.6) is 0 Å². The van der Waals surface area contributed by atoms with E-state index in [1.54, 1.807) is 0 Å². The molecule has 7 heteroatoms. The van der Waals surface area contributed by atoms with Gasteiger partial charge >= 0.3 is 0 Å². The predicted octanol–water partition coefficient (Wildman–Crippen LogP) is 1.03. The van der Waals surface area contributed by atoms with Gasteiger partial charge in [0.1, 0.15) is 10.7 Å². The zero-order valence-corrected chi connectivity index (χ0v) is 8.77. The van der Waals surface area contributed by atoms with Crippen molar-refractivity contribution in [1.82, 2.24) is 0 Å². The summed E-state index contributed by atoms with van der Waals surface area (Å²) in [5, 5.41) is 0. The van der Waals surface area contributed by atoms with Crippen LogP contribution in [-0.4, -0.2) is 20.2 Å². The number of benzene rings is 1. The highest BCUT2D eigenvalue weighted by Gasteiger charge is 2.50. The van der Waals surface area contributed by atoms with Gasteiger partial charge < -0.3 is 5.73 Å². The van der Waals surface area contributed by atoms with E-state index in [0.717, 1.165) is 18.2 Å². The molecule has 0 bridgehead atoms. The first kappa shape index (κ1) is 11.4. The summed E-state index contributed by atoms with van der Waals surface area (Å²) in [6, 6.07) is 0.917. The quantitative estimate of drug-likeness (QED) is 0.749. The van der Waals surface area contributed by atoms with E-state index in [0.29, 0.717) is 0 Å². The summed E-state index contributed by atoms with van der Waals surface area (Å²) in [6.45, 7) is 0. The van der Waals surface area contributed by atoms with Crippen molar-refractivity contribution in [2.45, 2.75) is 16.9 Å². The largest absolute Gasteiger partial charge is 0.322 e. The van der Waals surface area contributed by atoms with Crippen molar-refractivity contribution in [1.29, 1.82) is 0 Å². The average Bonchev–Trinajstić information content (AvgIpc) is 2.14. The Bertz CT molecular complexity index is 542. The number of hydrogen-bond donors (Lipinski definition) is 1. The maximum absolute atomic E-state index is 13.6. The van der Waals surface area contributed by atoms with Crippen LogP contribution in [-0.2, 0) is 15.8 Å². The molecular weight excluding hydrogens is 243 g/mol. The van der Waals surface area contributed by atoms with E-state index >= 15 is 0 Å². The number of fused-ring (bicyclic) bond motifs is 1. The fraction of sp³-hybridized carbons (Fsp3) is 0.333. The molecule has 1 unspecified atom stereocenters. The third kappa shape index (κ3) is 1.42. The average molecular weight is 251 g/mol. The minimum atomic E-state index is -4.07. The van der Waals surface area contributed by atoms with Gasteiger partial charge in [0.25, 0.3) is 5.92 Å². The van der Waals surface area contributed by atoms with E-state index in [2.05, 4.69) is 0 Å². The second-order valence-corrected chi connectivity index (χ2v) is 5.60. The lowest BCUT2D eigenvalue weighted by Gasteiger charge is -2.30. The van der Waals surface area contributed by atoms with Gasteiger partial charge in [-0.3, -0.25) is 0 Å². The van der Waals surface area contributed by atoms with E-state index < -0.39 is 43.8 Å². The third-order valence-corrected chi connectivity index (χ3v) is 4.34. The molecule has 3 nitrogen and oxygen atoms in total. The van der Waals surface area contributed by atoms with Crippen LogP contribution in [0.25, 0.3) is 0 Å². The fourth-order valence-electron chi connectivity index (χ4n) is 1.71. The summed E-state index contributed by atoms with van der Waals surface area (Å²) in [4.78, 5) is -0.929. The van der Waals surface area contributed by atoms with Crippen LogP contribution in [0.2, 0.25) is 0 Å². The van der Waals surface area contributed by atoms with Crippen molar-refractivity contribution in [3.8, 4) is 0 Å². The van der Waals surface area contributed by atoms with E-state index in [1.807, 2.05) is 0 Å². The molecule has 1 atom stereocenters. The van der Waals surface area contributed by atoms with Gasteiger partial charge in [0, 0.05) is 5.56 Å². The number of halogens is 3. The monoisotopic (exact) mass is 251 g/mol. The first-order valence-corrected chi connectivity index (χ1v) is 6.07. The molecule has 0 fully saturated rings. The lowest BCUT2D eigenvalue weighted by atomic mass is 10.0. The maximum Gasteiger partial charge on any atom is 0.290 e. The summed E-state index contributed by atoms with van der Waals surface area (Å²) < 4.78 is 63.5. The van der Waals surface area contributed by atoms with E-state index in [1.165, 1.54) is 0 Å². The SMILES string of the molecule is NC1CS(=O)(=O)c2c(F)cccc2C1(F)F. The lowest BCUT2D eigenvalue weighted by Crippen LogP contribution is -2.48. The number of nitrogens with two attached hydrogens (primary N) is 1. The number of sulfone groups is 1. The number of hydrogen-bond acceptors (Lipinski definition) is 3. The van der Waals surface area contributed by atoms with Crippen LogP contribution in [0.15, 0.2) is 23.1 Å². The number of alkyl halides is 2. The highest BCUT2D eigenvalue weighted by atomic mass is 32.2. The fourth-order valence-corrected chi connectivity index (χ4v) is 3.46. The van der Waals surface area contributed by atoms with Crippen LogP contribution in [0.4, 0.5) is 13.2 Å². The zero-order chi connectivity index (χ0) is 12.1. The molecule has 0 radical (unpaired) electrons. The summed E-state index contributed by atoms with van der Waals surface area (Å²) in [5.74, 6) is -5.64. The van der Waals surface area contributed by atoms with Gasteiger partial charge in [0.05, 0.1) is 11.8 Å². The first-order chi connectivity index (χ1) is 7.27. The molecule has 1 aliphatic heterocycles. The molecule has 16 heavy (non-hydrogen) atoms. The molecular formula is C9H8F3NO2S. The molecule has 0 saturated carbocycles. The maximum atomic E-state index is 13.6. The van der Waals surface area contributed by atoms with E-state index in [-0.39, 0.29) is 0 Å². The smallest absolute Gasteiger partial charge is 0.290 e. The van der Waals surface area contributed by atoms with Crippen LogP contribution in [0.3, 0.4) is 0 Å². The summed E-state index contributed by atoms with van der Waals surface area (Å²) >= 11 is 0. The van der Waals surface area contributed by atoms with Crippen molar-refractivity contribution in [3.63, 3.8) is 0 Å². The van der Waals surface area contributed by atoms with Crippen LogP contribution < -0.4 is 5.73 Å². The van der Waals surface area contributed by atoms with E-state index in [4.69, 9.17) is 5.73 Å². The van der Waals surface area contributed by atoms with Crippen molar-refractivity contribution >= 4 is 9.84 Å². The first-order valence-electron chi connectivity index (χ1n) is 4.42. The minimum Gasteiger partial charge on any atom is -0.322 e. The Morgan fingerprint density at radius 2 is 2.00 bits per heavy atom. The summed E-state index contributed by atoms with van der Waals surface area (Å²) in [5.41, 5.74) is 4.25. The standard InChI is InChI=1S/C9H8F3NO2S/c10-6-3-1-2-5-8(6)16(14,15)4-7(13)9(5,11)12/h1-3,7H,4,13H2. The van der Waals surface area contributed by atoms with Crippen molar-refractivity contribution in [2.75, 3.05) is 5.75 Å². The number of rotatable bonds is 0. The highest BCUT2D eigenvalue weighted by Crippen LogP contribution is 2.41. The molecule has 2 rings (SSSR count). The highest BCUT2D eigenvalue weighted by molar-refractivity contribution is 7.91. The van der Waals surface area contributed by atoms with Gasteiger partial charge in [-0.2, -0.15) is 8.78 Å². The second kappa shape index (κ2) is 3.21. The molecule has 0 saturated heterocycles. The Kier molecular flexibility index (Phi) is 2.29. The molecule has 1 aliphatic rings. The van der Waals surface area contributed by atoms with Crippen LogP contribution in [0, 0.1) is 5.82 Å². The van der Waals surface area contributed by atoms with Gasteiger partial charge in [-0.15, -0.1) is 0 Å². The third-order valence-electron chi connectivity index (χ3n) is 2.50. The van der Waals surface area contributed by atoms with Gasteiger partial charge in [-0.1, -0.05) is 12.1 Å². The predicted molar refractivity (Wildman–Crippen MR) is 50.3 cm³/mol. The summed E-state index contributed by atoms with van der Waals surface area (Å²) in [7, 11) is -4.07. The molecule has 0 aliphatic carbocycles. The molecule has 88 valence electrons. The topological polar surface area (TPSA) is 60.2 Å². The van der Waals surface area contributed by atoms with Gasteiger partial charge in [0.2, 0.25) is 0 Å². The van der Waals surface area contributed by atoms with Crippen molar-refractivity contribution in [2.24, 2.45) is 5.73 Å².